The number of esters is 2. The van der Waals surface area contributed by atoms with Gasteiger partial charge in [0.25, 0.3) is 0 Å². The van der Waals surface area contributed by atoms with Crippen LogP contribution in [0.1, 0.15) is 52.4 Å². The number of hydrogen-bond donors (Lipinski definition) is 3. The fraction of sp³-hybridized carbons (Fsp3) is 0.867. The number of aliphatic hydroxyl groups excluding tert-OH is 3. The molecule has 0 aliphatic carbocycles. The molecule has 22 heavy (non-hydrogen) atoms. The lowest BCUT2D eigenvalue weighted by atomic mass is 10.1. The summed E-state index contributed by atoms with van der Waals surface area (Å²) < 4.78 is 9.87. The Morgan fingerprint density at radius 2 is 1.45 bits per heavy atom. The number of carbonyl (C=O) groups is 2. The third-order valence-electron chi connectivity index (χ3n) is 3.24. The summed E-state index contributed by atoms with van der Waals surface area (Å²) in [5, 5.41) is 27.8. The van der Waals surface area contributed by atoms with Crippen LogP contribution in [-0.4, -0.2) is 58.8 Å². The lowest BCUT2D eigenvalue weighted by Gasteiger charge is -2.16. The molecule has 0 fully saturated rings. The Kier molecular flexibility index (Phi) is 11.7. The van der Waals surface area contributed by atoms with E-state index in [1.807, 2.05) is 13.8 Å². The van der Waals surface area contributed by atoms with E-state index in [4.69, 9.17) is 14.6 Å². The molecule has 7 heteroatoms. The van der Waals surface area contributed by atoms with Crippen LogP contribution in [0.15, 0.2) is 0 Å². The van der Waals surface area contributed by atoms with E-state index in [0.717, 1.165) is 0 Å². The van der Waals surface area contributed by atoms with Crippen molar-refractivity contribution in [2.45, 2.75) is 70.7 Å². The first kappa shape index (κ1) is 20.8. The van der Waals surface area contributed by atoms with Crippen molar-refractivity contribution in [1.29, 1.82) is 0 Å². The quantitative estimate of drug-likeness (QED) is 0.450. The minimum atomic E-state index is -0.911. The second kappa shape index (κ2) is 12.4. The zero-order valence-electron chi connectivity index (χ0n) is 13.4. The summed E-state index contributed by atoms with van der Waals surface area (Å²) in [5.74, 6) is -1.06. The van der Waals surface area contributed by atoms with Crippen LogP contribution in [0.3, 0.4) is 0 Å². The van der Waals surface area contributed by atoms with Crippen LogP contribution in [0, 0.1) is 0 Å². The van der Waals surface area contributed by atoms with E-state index in [2.05, 4.69) is 0 Å². The highest BCUT2D eigenvalue weighted by Crippen LogP contribution is 2.06. The number of hydrogen-bond acceptors (Lipinski definition) is 7. The van der Waals surface area contributed by atoms with E-state index in [1.54, 1.807) is 0 Å². The minimum absolute atomic E-state index is 0.0438. The molecule has 0 heterocycles. The summed E-state index contributed by atoms with van der Waals surface area (Å²) in [6.45, 7) is 2.95. The molecule has 3 atom stereocenters. The molecule has 0 spiro atoms. The van der Waals surface area contributed by atoms with Gasteiger partial charge in [0.05, 0.1) is 18.8 Å². The van der Waals surface area contributed by atoms with Gasteiger partial charge in [0, 0.05) is 12.8 Å². The Morgan fingerprint density at radius 1 is 0.955 bits per heavy atom. The normalized spacial score (nSPS) is 15.0. The van der Waals surface area contributed by atoms with Crippen molar-refractivity contribution < 1.29 is 34.4 Å². The van der Waals surface area contributed by atoms with Crippen molar-refractivity contribution in [3.05, 3.63) is 0 Å². The molecule has 0 rings (SSSR count). The Morgan fingerprint density at radius 3 is 1.91 bits per heavy atom. The summed E-state index contributed by atoms with van der Waals surface area (Å²) in [5.41, 5.74) is 0. The molecule has 0 aliphatic rings. The van der Waals surface area contributed by atoms with E-state index in [0.29, 0.717) is 25.7 Å². The molecule has 0 amide bonds. The third kappa shape index (κ3) is 10.5. The Bertz CT molecular complexity index is 319. The summed E-state index contributed by atoms with van der Waals surface area (Å²) in [6, 6.07) is 0. The Hall–Kier alpha value is -1.18. The maximum Gasteiger partial charge on any atom is 0.306 e. The van der Waals surface area contributed by atoms with E-state index in [1.165, 1.54) is 0 Å². The van der Waals surface area contributed by atoms with Crippen LogP contribution in [-0.2, 0) is 19.1 Å². The molecule has 7 nitrogen and oxygen atoms in total. The van der Waals surface area contributed by atoms with Gasteiger partial charge in [-0.3, -0.25) is 9.59 Å². The highest BCUT2D eigenvalue weighted by atomic mass is 16.6. The standard InChI is InChI=1S/C15H28O7/c1-3-11(17)5-7-14(19)21-10-13(9-16)22-15(20)8-6-12(18)4-2/h11-13,16-18H,3-10H2,1-2H3. The molecule has 0 aliphatic heterocycles. The van der Waals surface area contributed by atoms with Gasteiger partial charge in [0.15, 0.2) is 6.10 Å². The van der Waals surface area contributed by atoms with Crippen LogP contribution >= 0.6 is 0 Å². The van der Waals surface area contributed by atoms with Crippen LogP contribution < -0.4 is 0 Å². The second-order valence-corrected chi connectivity index (χ2v) is 5.18. The number of aliphatic hydroxyl groups is 3. The maximum atomic E-state index is 11.5. The number of carbonyl (C=O) groups excluding carboxylic acids is 2. The van der Waals surface area contributed by atoms with E-state index in [-0.39, 0.29) is 19.4 Å². The molecular weight excluding hydrogens is 292 g/mol. The van der Waals surface area contributed by atoms with Gasteiger partial charge in [-0.2, -0.15) is 0 Å². The Balaban J connectivity index is 3.95. The molecule has 0 aromatic rings. The second-order valence-electron chi connectivity index (χ2n) is 5.18. The van der Waals surface area contributed by atoms with Gasteiger partial charge in [0.2, 0.25) is 0 Å². The SMILES string of the molecule is CCC(O)CCC(=O)OCC(CO)OC(=O)CCC(O)CC. The predicted molar refractivity (Wildman–Crippen MR) is 79.0 cm³/mol. The van der Waals surface area contributed by atoms with Crippen LogP contribution in [0.2, 0.25) is 0 Å². The van der Waals surface area contributed by atoms with Gasteiger partial charge in [-0.15, -0.1) is 0 Å². The molecular formula is C15H28O7. The molecule has 0 saturated heterocycles. The Labute approximate surface area is 131 Å². The van der Waals surface area contributed by atoms with Crippen molar-refractivity contribution in [2.75, 3.05) is 13.2 Å². The van der Waals surface area contributed by atoms with Crippen molar-refractivity contribution in [3.63, 3.8) is 0 Å². The molecule has 0 aromatic heterocycles. The van der Waals surface area contributed by atoms with Crippen molar-refractivity contribution in [1.82, 2.24) is 0 Å². The summed E-state index contributed by atoms with van der Waals surface area (Å²) in [4.78, 5) is 22.9. The van der Waals surface area contributed by atoms with E-state index >= 15 is 0 Å². The monoisotopic (exact) mass is 320 g/mol. The summed E-state index contributed by atoms with van der Waals surface area (Å²) >= 11 is 0. The molecule has 0 aromatic carbocycles. The lowest BCUT2D eigenvalue weighted by molar-refractivity contribution is -0.162. The largest absolute Gasteiger partial charge is 0.462 e. The van der Waals surface area contributed by atoms with Crippen molar-refractivity contribution in [2.24, 2.45) is 0 Å². The summed E-state index contributed by atoms with van der Waals surface area (Å²) in [6.07, 6.45) is -0.161. The van der Waals surface area contributed by atoms with Gasteiger partial charge in [-0.25, -0.2) is 0 Å². The third-order valence-corrected chi connectivity index (χ3v) is 3.24. The first-order valence-electron chi connectivity index (χ1n) is 7.74. The van der Waals surface area contributed by atoms with Crippen molar-refractivity contribution >= 4 is 11.9 Å². The fourth-order valence-electron chi connectivity index (χ4n) is 1.60. The zero-order chi connectivity index (χ0) is 17.0. The van der Waals surface area contributed by atoms with E-state index < -0.39 is 36.9 Å². The van der Waals surface area contributed by atoms with Crippen LogP contribution in [0.4, 0.5) is 0 Å². The van der Waals surface area contributed by atoms with Gasteiger partial charge < -0.3 is 24.8 Å². The summed E-state index contributed by atoms with van der Waals surface area (Å²) in [7, 11) is 0. The van der Waals surface area contributed by atoms with Gasteiger partial charge in [0.1, 0.15) is 6.61 Å². The fourth-order valence-corrected chi connectivity index (χ4v) is 1.60. The number of rotatable bonds is 12. The highest BCUT2D eigenvalue weighted by molar-refractivity contribution is 5.70. The van der Waals surface area contributed by atoms with Crippen LogP contribution in [0.5, 0.6) is 0 Å². The lowest BCUT2D eigenvalue weighted by Crippen LogP contribution is -2.29. The average Bonchev–Trinajstić information content (AvgIpc) is 2.53. The molecule has 0 radical (unpaired) electrons. The average molecular weight is 320 g/mol. The molecule has 0 saturated carbocycles. The van der Waals surface area contributed by atoms with E-state index in [9.17, 15) is 19.8 Å². The number of ether oxygens (including phenoxy) is 2. The van der Waals surface area contributed by atoms with Gasteiger partial charge in [-0.1, -0.05) is 13.8 Å². The topological polar surface area (TPSA) is 113 Å². The van der Waals surface area contributed by atoms with Gasteiger partial charge >= 0.3 is 11.9 Å². The highest BCUT2D eigenvalue weighted by Gasteiger charge is 2.17. The molecule has 130 valence electrons. The minimum Gasteiger partial charge on any atom is -0.462 e. The van der Waals surface area contributed by atoms with Crippen molar-refractivity contribution in [3.8, 4) is 0 Å². The maximum absolute atomic E-state index is 11.5. The first-order valence-corrected chi connectivity index (χ1v) is 7.74. The van der Waals surface area contributed by atoms with Crippen LogP contribution in [0.25, 0.3) is 0 Å². The smallest absolute Gasteiger partial charge is 0.306 e. The first-order chi connectivity index (χ1) is 10.4. The molecule has 3 unspecified atom stereocenters. The predicted octanol–water partition coefficient (Wildman–Crippen LogP) is 0.536. The van der Waals surface area contributed by atoms with Gasteiger partial charge in [-0.05, 0) is 25.7 Å². The molecule has 0 bridgehead atoms. The molecule has 3 N–H and O–H groups in total. The zero-order valence-corrected chi connectivity index (χ0v) is 13.4.